The fraction of sp³-hybridized carbons (Fsp3) is 0.267. The standard InChI is InChI=1S/C15H16N4O4/c1-9-5-2-3-6-10(9)23-15-17-12-11(19(15)7-4-8-20)13(21)18-14(22)16-12/h2-3,5-6,20H,4,7-8H2,1H3,(H2,16,18,21,22). The van der Waals surface area contributed by atoms with Crippen LogP contribution in [0.2, 0.25) is 0 Å². The lowest BCUT2D eigenvalue weighted by atomic mass is 10.2. The molecule has 3 N–H and O–H groups in total. The van der Waals surface area contributed by atoms with Crippen molar-refractivity contribution in [2.24, 2.45) is 0 Å². The van der Waals surface area contributed by atoms with Crippen LogP contribution in [0.15, 0.2) is 33.9 Å². The van der Waals surface area contributed by atoms with Gasteiger partial charge in [-0.25, -0.2) is 4.79 Å². The van der Waals surface area contributed by atoms with Crippen LogP contribution in [0, 0.1) is 6.92 Å². The van der Waals surface area contributed by atoms with E-state index in [1.54, 1.807) is 10.6 Å². The van der Waals surface area contributed by atoms with Crippen molar-refractivity contribution >= 4 is 11.2 Å². The van der Waals surface area contributed by atoms with E-state index in [1.807, 2.05) is 25.1 Å². The van der Waals surface area contributed by atoms with E-state index >= 15 is 0 Å². The van der Waals surface area contributed by atoms with E-state index < -0.39 is 11.2 Å². The normalized spacial score (nSPS) is 11.0. The third-order valence-electron chi connectivity index (χ3n) is 3.44. The SMILES string of the molecule is Cc1ccccc1Oc1nc2[nH]c(=O)[nH]c(=O)c2n1CCCO. The first-order valence-corrected chi connectivity index (χ1v) is 7.17. The maximum absolute atomic E-state index is 12.1. The van der Waals surface area contributed by atoms with Gasteiger partial charge in [-0.15, -0.1) is 0 Å². The van der Waals surface area contributed by atoms with E-state index in [2.05, 4.69) is 15.0 Å². The monoisotopic (exact) mass is 316 g/mol. The molecule has 3 aromatic rings. The molecule has 0 aliphatic rings. The van der Waals surface area contributed by atoms with Crippen molar-refractivity contribution in [3.8, 4) is 11.8 Å². The Morgan fingerprint density at radius 2 is 2.04 bits per heavy atom. The Kier molecular flexibility index (Phi) is 3.98. The first kappa shape index (κ1) is 15.0. The molecule has 120 valence electrons. The lowest BCUT2D eigenvalue weighted by Crippen LogP contribution is -2.23. The van der Waals surface area contributed by atoms with Gasteiger partial charge in [0, 0.05) is 13.2 Å². The molecule has 0 aliphatic carbocycles. The molecule has 2 aromatic heterocycles. The number of aromatic amines is 2. The zero-order valence-corrected chi connectivity index (χ0v) is 12.5. The number of nitrogens with zero attached hydrogens (tertiary/aromatic N) is 2. The molecular formula is C15H16N4O4. The summed E-state index contributed by atoms with van der Waals surface area (Å²) < 4.78 is 7.36. The molecule has 0 amide bonds. The van der Waals surface area contributed by atoms with E-state index in [0.717, 1.165) is 5.56 Å². The second kappa shape index (κ2) is 6.09. The zero-order valence-electron chi connectivity index (χ0n) is 12.5. The minimum absolute atomic E-state index is 0.0370. The van der Waals surface area contributed by atoms with Gasteiger partial charge in [0.15, 0.2) is 11.2 Å². The second-order valence-corrected chi connectivity index (χ2v) is 5.10. The third-order valence-corrected chi connectivity index (χ3v) is 3.44. The maximum Gasteiger partial charge on any atom is 0.327 e. The number of aliphatic hydroxyl groups excluding tert-OH is 1. The molecule has 0 unspecified atom stereocenters. The van der Waals surface area contributed by atoms with Crippen LogP contribution in [-0.4, -0.2) is 31.2 Å². The highest BCUT2D eigenvalue weighted by Gasteiger charge is 2.17. The van der Waals surface area contributed by atoms with Crippen molar-refractivity contribution in [3.05, 3.63) is 50.7 Å². The molecule has 3 rings (SSSR count). The van der Waals surface area contributed by atoms with Gasteiger partial charge in [-0.2, -0.15) is 4.98 Å². The van der Waals surface area contributed by atoms with Crippen LogP contribution in [0.25, 0.3) is 11.2 Å². The van der Waals surface area contributed by atoms with E-state index in [1.165, 1.54) is 0 Å². The van der Waals surface area contributed by atoms with E-state index in [-0.39, 0.29) is 23.8 Å². The zero-order chi connectivity index (χ0) is 16.4. The van der Waals surface area contributed by atoms with Crippen molar-refractivity contribution in [2.75, 3.05) is 6.61 Å². The molecule has 8 nitrogen and oxygen atoms in total. The Bertz CT molecular complexity index is 954. The molecule has 0 saturated carbocycles. The summed E-state index contributed by atoms with van der Waals surface area (Å²) in [6.45, 7) is 2.19. The van der Waals surface area contributed by atoms with Crippen molar-refractivity contribution in [2.45, 2.75) is 19.9 Å². The molecule has 0 aliphatic heterocycles. The molecule has 23 heavy (non-hydrogen) atoms. The fourth-order valence-corrected chi connectivity index (χ4v) is 2.33. The molecule has 1 aromatic carbocycles. The quantitative estimate of drug-likeness (QED) is 0.647. The number of fused-ring (bicyclic) bond motifs is 1. The number of ether oxygens (including phenoxy) is 1. The van der Waals surface area contributed by atoms with Crippen LogP contribution >= 0.6 is 0 Å². The Labute approximate surface area is 130 Å². The van der Waals surface area contributed by atoms with Crippen LogP contribution in [0.1, 0.15) is 12.0 Å². The van der Waals surface area contributed by atoms with Gasteiger partial charge in [-0.3, -0.25) is 19.3 Å². The van der Waals surface area contributed by atoms with Crippen LogP contribution in [0.5, 0.6) is 11.8 Å². The lowest BCUT2D eigenvalue weighted by molar-refractivity contribution is 0.277. The van der Waals surface area contributed by atoms with Gasteiger partial charge in [0.25, 0.3) is 5.56 Å². The highest BCUT2D eigenvalue weighted by atomic mass is 16.5. The molecule has 0 bridgehead atoms. The van der Waals surface area contributed by atoms with Crippen molar-refractivity contribution in [3.63, 3.8) is 0 Å². The van der Waals surface area contributed by atoms with Gasteiger partial charge < -0.3 is 9.84 Å². The van der Waals surface area contributed by atoms with Gasteiger partial charge in [0.2, 0.25) is 0 Å². The van der Waals surface area contributed by atoms with Crippen LogP contribution in [-0.2, 0) is 6.54 Å². The van der Waals surface area contributed by atoms with Gasteiger partial charge >= 0.3 is 11.7 Å². The molecule has 2 heterocycles. The topological polar surface area (TPSA) is 113 Å². The molecule has 0 spiro atoms. The molecule has 0 saturated heterocycles. The molecule has 0 radical (unpaired) electrons. The second-order valence-electron chi connectivity index (χ2n) is 5.10. The summed E-state index contributed by atoms with van der Waals surface area (Å²) in [6.07, 6.45) is 0.425. The summed E-state index contributed by atoms with van der Waals surface area (Å²) in [7, 11) is 0. The Hall–Kier alpha value is -2.87. The lowest BCUT2D eigenvalue weighted by Gasteiger charge is -2.10. The van der Waals surface area contributed by atoms with Crippen molar-refractivity contribution < 1.29 is 9.84 Å². The smallest absolute Gasteiger partial charge is 0.327 e. The molecule has 8 heteroatoms. The van der Waals surface area contributed by atoms with Crippen LogP contribution in [0.3, 0.4) is 0 Å². The number of aliphatic hydroxyl groups is 1. The molecule has 0 atom stereocenters. The summed E-state index contributed by atoms with van der Waals surface area (Å²) >= 11 is 0. The number of H-pyrrole nitrogens is 2. The number of hydrogen-bond acceptors (Lipinski definition) is 5. The predicted octanol–water partition coefficient (Wildman–Crippen LogP) is 0.896. The summed E-state index contributed by atoms with van der Waals surface area (Å²) in [5.41, 5.74) is 0.100. The summed E-state index contributed by atoms with van der Waals surface area (Å²) in [4.78, 5) is 32.3. The molecule has 0 fully saturated rings. The number of hydrogen-bond donors (Lipinski definition) is 3. The highest BCUT2D eigenvalue weighted by Crippen LogP contribution is 2.26. The minimum Gasteiger partial charge on any atom is -0.425 e. The third kappa shape index (κ3) is 2.88. The number of aryl methyl sites for hydroxylation is 2. The van der Waals surface area contributed by atoms with Gasteiger partial charge in [-0.05, 0) is 25.0 Å². The van der Waals surface area contributed by atoms with Crippen molar-refractivity contribution in [1.82, 2.24) is 19.5 Å². The molecular weight excluding hydrogens is 300 g/mol. The van der Waals surface area contributed by atoms with Crippen LogP contribution in [0.4, 0.5) is 0 Å². The Balaban J connectivity index is 2.15. The average Bonchev–Trinajstić information content (AvgIpc) is 2.85. The first-order valence-electron chi connectivity index (χ1n) is 7.17. The predicted molar refractivity (Wildman–Crippen MR) is 83.9 cm³/mol. The van der Waals surface area contributed by atoms with E-state index in [9.17, 15) is 9.59 Å². The minimum atomic E-state index is -0.628. The van der Waals surface area contributed by atoms with Crippen LogP contribution < -0.4 is 16.0 Å². The number of nitrogens with one attached hydrogen (secondary N) is 2. The Morgan fingerprint density at radius 1 is 1.26 bits per heavy atom. The Morgan fingerprint density at radius 3 is 2.78 bits per heavy atom. The van der Waals surface area contributed by atoms with Gasteiger partial charge in [-0.1, -0.05) is 18.2 Å². The summed E-state index contributed by atoms with van der Waals surface area (Å²) in [5.74, 6) is 0.604. The van der Waals surface area contributed by atoms with Crippen molar-refractivity contribution in [1.29, 1.82) is 0 Å². The largest absolute Gasteiger partial charge is 0.425 e. The summed E-state index contributed by atoms with van der Waals surface area (Å²) in [6, 6.07) is 7.59. The van der Waals surface area contributed by atoms with Gasteiger partial charge in [0.05, 0.1) is 0 Å². The number of benzene rings is 1. The van der Waals surface area contributed by atoms with E-state index in [4.69, 9.17) is 9.84 Å². The number of para-hydroxylation sites is 1. The number of rotatable bonds is 5. The average molecular weight is 316 g/mol. The first-order chi connectivity index (χ1) is 11.1. The van der Waals surface area contributed by atoms with Gasteiger partial charge in [0.1, 0.15) is 5.75 Å². The number of imidazole rings is 1. The maximum atomic E-state index is 12.1. The fourth-order valence-electron chi connectivity index (χ4n) is 2.33. The van der Waals surface area contributed by atoms with E-state index in [0.29, 0.717) is 18.7 Å². The summed E-state index contributed by atoms with van der Waals surface area (Å²) in [5, 5.41) is 9.06. The number of aromatic nitrogens is 4. The highest BCUT2D eigenvalue weighted by molar-refractivity contribution is 5.71.